The second kappa shape index (κ2) is 9.16. The Morgan fingerprint density at radius 1 is 1.35 bits per heavy atom. The van der Waals surface area contributed by atoms with Gasteiger partial charge in [0.25, 0.3) is 0 Å². The number of fused-ring (bicyclic) bond motifs is 4. The fourth-order valence-corrected chi connectivity index (χ4v) is 5.26. The largest absolute Gasteiger partial charge is 0.475 e. The maximum absolute atomic E-state index is 13.6. The van der Waals surface area contributed by atoms with Crippen molar-refractivity contribution in [3.63, 3.8) is 0 Å². The molecule has 0 aliphatic carbocycles. The molecule has 0 spiro atoms. The first kappa shape index (κ1) is 24.0. The van der Waals surface area contributed by atoms with Gasteiger partial charge in [0, 0.05) is 49.8 Å². The molecule has 3 aromatic heterocycles. The molecule has 3 aromatic rings. The molecule has 12 heteroatoms. The average Bonchev–Trinajstić information content (AvgIpc) is 3.57. The zero-order valence-corrected chi connectivity index (χ0v) is 21.6. The third-order valence-electron chi connectivity index (χ3n) is 6.70. The molecule has 2 saturated heterocycles. The summed E-state index contributed by atoms with van der Waals surface area (Å²) in [6, 6.07) is 5.05. The van der Waals surface area contributed by atoms with E-state index in [0.717, 1.165) is 30.8 Å². The number of rotatable bonds is 5. The molecule has 11 nitrogen and oxygen atoms in total. The molecule has 1 unspecified atom stereocenters. The van der Waals surface area contributed by atoms with Gasteiger partial charge >= 0.3 is 6.03 Å². The van der Waals surface area contributed by atoms with Crippen LogP contribution in [0.25, 0.3) is 11.3 Å². The number of anilines is 3. The first-order chi connectivity index (χ1) is 17.8. The van der Waals surface area contributed by atoms with Crippen molar-refractivity contribution in [2.45, 2.75) is 38.2 Å². The van der Waals surface area contributed by atoms with E-state index in [9.17, 15) is 4.79 Å². The van der Waals surface area contributed by atoms with Crippen molar-refractivity contribution in [2.75, 3.05) is 41.4 Å². The molecule has 194 valence electrons. The predicted molar refractivity (Wildman–Crippen MR) is 138 cm³/mol. The van der Waals surface area contributed by atoms with Crippen LogP contribution in [0, 0.1) is 0 Å². The van der Waals surface area contributed by atoms with Crippen LogP contribution < -0.4 is 19.9 Å². The number of hydrogen-bond donors (Lipinski definition) is 1. The molecule has 0 radical (unpaired) electrons. The van der Waals surface area contributed by atoms with Gasteiger partial charge in [-0.3, -0.25) is 9.58 Å². The van der Waals surface area contributed by atoms with Gasteiger partial charge in [-0.1, -0.05) is 11.6 Å². The highest BCUT2D eigenvalue weighted by atomic mass is 35.5. The number of urea groups is 1. The Bertz CT molecular complexity index is 1350. The second-order valence-electron chi connectivity index (χ2n) is 9.90. The zero-order chi connectivity index (χ0) is 25.7. The number of nitrogens with one attached hydrogen (secondary N) is 1. The van der Waals surface area contributed by atoms with E-state index in [1.165, 1.54) is 0 Å². The minimum atomic E-state index is -0.618. The molecule has 2 amide bonds. The number of halogens is 1. The Balaban J connectivity index is 1.22. The van der Waals surface area contributed by atoms with Crippen LogP contribution in [0.5, 0.6) is 5.88 Å². The number of carbonyl (C=O) groups is 1. The van der Waals surface area contributed by atoms with Gasteiger partial charge in [0.05, 0.1) is 35.2 Å². The number of aryl methyl sites for hydroxylation is 1. The Morgan fingerprint density at radius 3 is 2.97 bits per heavy atom. The molecule has 2 fully saturated rings. The Morgan fingerprint density at radius 2 is 2.22 bits per heavy atom. The highest BCUT2D eigenvalue weighted by Gasteiger charge is 2.41. The molecule has 6 heterocycles. The number of nitrogens with zero attached hydrogens (tertiary/aromatic N) is 6. The number of pyridine rings is 2. The van der Waals surface area contributed by atoms with E-state index in [-0.39, 0.29) is 18.2 Å². The first-order valence-electron chi connectivity index (χ1n) is 12.2. The van der Waals surface area contributed by atoms with E-state index in [1.807, 2.05) is 33.2 Å². The van der Waals surface area contributed by atoms with Crippen LogP contribution in [0.2, 0.25) is 5.02 Å². The Hall–Kier alpha value is -3.41. The van der Waals surface area contributed by atoms with Crippen LogP contribution in [0.15, 0.2) is 36.8 Å². The molecular formula is C25H28ClN7O4. The molecule has 37 heavy (non-hydrogen) atoms. The number of aromatic nitrogens is 4. The minimum absolute atomic E-state index is 0.00310. The van der Waals surface area contributed by atoms with Crippen molar-refractivity contribution in [1.29, 1.82) is 0 Å². The second-order valence-corrected chi connectivity index (χ2v) is 10.3. The van der Waals surface area contributed by atoms with Crippen molar-refractivity contribution in [3.8, 4) is 17.1 Å². The summed E-state index contributed by atoms with van der Waals surface area (Å²) in [5.41, 5.74) is 2.80. The van der Waals surface area contributed by atoms with Crippen molar-refractivity contribution in [2.24, 2.45) is 7.05 Å². The van der Waals surface area contributed by atoms with Crippen LogP contribution >= 0.6 is 11.6 Å². The summed E-state index contributed by atoms with van der Waals surface area (Å²) in [7, 11) is 1.84. The normalized spacial score (nSPS) is 21.7. The number of amides is 2. The molecule has 0 saturated carbocycles. The van der Waals surface area contributed by atoms with Crippen LogP contribution in [-0.4, -0.2) is 70.0 Å². The molecule has 2 bridgehead atoms. The Labute approximate surface area is 219 Å². The van der Waals surface area contributed by atoms with E-state index in [4.69, 9.17) is 30.8 Å². The van der Waals surface area contributed by atoms with Crippen LogP contribution in [0.1, 0.15) is 20.3 Å². The van der Waals surface area contributed by atoms with E-state index in [1.54, 1.807) is 34.1 Å². The molecule has 3 aliphatic rings. The van der Waals surface area contributed by atoms with Gasteiger partial charge in [-0.05, 0) is 32.4 Å². The molecule has 6 rings (SSSR count). The van der Waals surface area contributed by atoms with Crippen molar-refractivity contribution < 1.29 is 19.0 Å². The van der Waals surface area contributed by atoms with Crippen molar-refractivity contribution in [3.05, 3.63) is 41.8 Å². The van der Waals surface area contributed by atoms with Gasteiger partial charge in [0.1, 0.15) is 12.7 Å². The van der Waals surface area contributed by atoms with Crippen molar-refractivity contribution in [1.82, 2.24) is 19.7 Å². The Kier molecular flexibility index (Phi) is 5.93. The van der Waals surface area contributed by atoms with Gasteiger partial charge in [0.15, 0.2) is 11.6 Å². The summed E-state index contributed by atoms with van der Waals surface area (Å²) in [6.07, 6.45) is 5.82. The molecule has 0 aromatic carbocycles. The van der Waals surface area contributed by atoms with Crippen LogP contribution in [-0.2, 0) is 16.5 Å². The summed E-state index contributed by atoms with van der Waals surface area (Å²) in [6.45, 7) is 6.05. The van der Waals surface area contributed by atoms with Crippen LogP contribution in [0.3, 0.4) is 0 Å². The summed E-state index contributed by atoms with van der Waals surface area (Å²) >= 11 is 6.62. The third-order valence-corrected chi connectivity index (χ3v) is 6.99. The lowest BCUT2D eigenvalue weighted by atomic mass is 10.1. The molecule has 1 N–H and O–H groups in total. The van der Waals surface area contributed by atoms with E-state index in [2.05, 4.69) is 20.3 Å². The minimum Gasteiger partial charge on any atom is -0.475 e. The zero-order valence-electron chi connectivity index (χ0n) is 20.8. The summed E-state index contributed by atoms with van der Waals surface area (Å²) < 4.78 is 18.9. The highest BCUT2D eigenvalue weighted by Crippen LogP contribution is 2.43. The number of carbonyl (C=O) groups excluding carboxylic acids is 1. The number of ether oxygens (including phenoxy) is 3. The molecular weight excluding hydrogens is 498 g/mol. The third kappa shape index (κ3) is 4.70. The van der Waals surface area contributed by atoms with Crippen molar-refractivity contribution >= 4 is 34.8 Å². The SMILES string of the molecule is Cn1cc(-c2nc3c(cc2Cl)N2CC[C@@H](C2)N3C(=O)Nc2ccnc(OCC3COC(C)(C)O3)c2)cn1. The van der Waals surface area contributed by atoms with Gasteiger partial charge in [-0.25, -0.2) is 14.8 Å². The van der Waals surface area contributed by atoms with Crippen LogP contribution in [0.4, 0.5) is 22.0 Å². The highest BCUT2D eigenvalue weighted by molar-refractivity contribution is 6.33. The standard InChI is InChI=1S/C25H28ClN7O4/c1-25(2)36-14-18(37-25)13-35-21-8-16(4-6-27-21)29-24(34)33-17-5-7-32(12-17)20-9-19(26)22(30-23(20)33)15-10-28-31(3)11-15/h4,6,8-11,17-18H,5,7,12-14H2,1-3H3,(H,27,29,34)/t17-,18?/m0/s1. The van der Waals surface area contributed by atoms with E-state index in [0.29, 0.717) is 41.3 Å². The maximum Gasteiger partial charge on any atom is 0.327 e. The lowest BCUT2D eigenvalue weighted by Crippen LogP contribution is -2.48. The summed E-state index contributed by atoms with van der Waals surface area (Å²) in [5.74, 6) is 0.356. The maximum atomic E-state index is 13.6. The topological polar surface area (TPSA) is 107 Å². The fourth-order valence-electron chi connectivity index (χ4n) is 5.01. The average molecular weight is 526 g/mol. The van der Waals surface area contributed by atoms with E-state index >= 15 is 0 Å². The first-order valence-corrected chi connectivity index (χ1v) is 12.6. The smallest absolute Gasteiger partial charge is 0.327 e. The number of hydrogen-bond acceptors (Lipinski definition) is 8. The predicted octanol–water partition coefficient (Wildman–Crippen LogP) is 3.69. The lowest BCUT2D eigenvalue weighted by Gasteiger charge is -2.36. The summed E-state index contributed by atoms with van der Waals surface area (Å²) in [4.78, 5) is 26.7. The van der Waals surface area contributed by atoms with Gasteiger partial charge in [-0.15, -0.1) is 0 Å². The van der Waals surface area contributed by atoms with Gasteiger partial charge in [-0.2, -0.15) is 5.10 Å². The summed E-state index contributed by atoms with van der Waals surface area (Å²) in [5, 5.41) is 7.76. The van der Waals surface area contributed by atoms with Gasteiger partial charge < -0.3 is 24.4 Å². The molecule has 3 aliphatic heterocycles. The lowest BCUT2D eigenvalue weighted by molar-refractivity contribution is -0.141. The van der Waals surface area contributed by atoms with Gasteiger partial charge in [0.2, 0.25) is 5.88 Å². The quantitative estimate of drug-likeness (QED) is 0.537. The fraction of sp³-hybridized carbons (Fsp3) is 0.440. The molecule has 2 atom stereocenters. The monoisotopic (exact) mass is 525 g/mol. The van der Waals surface area contributed by atoms with E-state index < -0.39 is 5.79 Å².